The number of aromatic nitrogens is 2. The van der Waals surface area contributed by atoms with Gasteiger partial charge in [-0.25, -0.2) is 9.78 Å². The molecule has 0 aliphatic carbocycles. The highest BCUT2D eigenvalue weighted by molar-refractivity contribution is 14.1. The van der Waals surface area contributed by atoms with E-state index in [9.17, 15) is 23.1 Å². The molecule has 0 saturated carbocycles. The standard InChI is InChI=1S/C28H19Cl2IN4O5S2/c29-17-5-1-15(2-6-17)24(16-3-7-18(30)8-4-16)25(28(37)38)34-26(36)20-10-9-19(31)13-22(20)35-42(39,40)27-21-14-33-41-23(21)11-12-32-27/h1-14,24-25,35H,(H,34,36)(H,37,38). The number of rotatable bonds is 9. The fourth-order valence-electron chi connectivity index (χ4n) is 4.40. The van der Waals surface area contributed by atoms with E-state index in [1.807, 2.05) is 22.6 Å². The van der Waals surface area contributed by atoms with Crippen LogP contribution in [-0.2, 0) is 14.8 Å². The largest absolute Gasteiger partial charge is 0.480 e. The van der Waals surface area contributed by atoms with Gasteiger partial charge in [-0.05, 0) is 93.8 Å². The van der Waals surface area contributed by atoms with Gasteiger partial charge in [0.15, 0.2) is 5.03 Å². The van der Waals surface area contributed by atoms with Gasteiger partial charge < -0.3 is 10.4 Å². The summed E-state index contributed by atoms with van der Waals surface area (Å²) < 4.78 is 34.6. The number of carboxylic acid groups (broad SMARTS) is 1. The molecule has 5 aromatic rings. The van der Waals surface area contributed by atoms with Crippen LogP contribution in [0, 0.1) is 3.57 Å². The van der Waals surface area contributed by atoms with Crippen molar-refractivity contribution in [2.75, 3.05) is 4.72 Å². The number of carbonyl (C=O) groups is 2. The Bertz CT molecular complexity index is 1860. The van der Waals surface area contributed by atoms with Crippen LogP contribution in [-0.4, -0.2) is 40.8 Å². The zero-order valence-corrected chi connectivity index (χ0v) is 26.5. The van der Waals surface area contributed by atoms with Gasteiger partial charge in [-0.15, -0.1) is 0 Å². The van der Waals surface area contributed by atoms with Crippen molar-refractivity contribution in [2.45, 2.75) is 17.0 Å². The van der Waals surface area contributed by atoms with Gasteiger partial charge in [0, 0.05) is 25.7 Å². The van der Waals surface area contributed by atoms with E-state index in [1.165, 1.54) is 24.5 Å². The summed E-state index contributed by atoms with van der Waals surface area (Å²) in [6, 6.07) is 18.0. The Labute approximate surface area is 268 Å². The molecule has 0 spiro atoms. The number of carboxylic acids is 1. The Morgan fingerprint density at radius 1 is 0.929 bits per heavy atom. The number of aliphatic carboxylic acids is 1. The molecule has 42 heavy (non-hydrogen) atoms. The molecule has 0 bridgehead atoms. The summed E-state index contributed by atoms with van der Waals surface area (Å²) in [5, 5.41) is 13.9. The lowest BCUT2D eigenvalue weighted by Gasteiger charge is -2.26. The SMILES string of the molecule is O=C(NC(C(=O)O)C(c1ccc(Cl)cc1)c1ccc(Cl)cc1)c1ccc(I)cc1NS(=O)(=O)c1nccc2sncc12. The predicted molar refractivity (Wildman–Crippen MR) is 171 cm³/mol. The van der Waals surface area contributed by atoms with Crippen molar-refractivity contribution in [3.05, 3.63) is 115 Å². The van der Waals surface area contributed by atoms with Crippen LogP contribution in [0.3, 0.4) is 0 Å². The monoisotopic (exact) mass is 752 g/mol. The van der Waals surface area contributed by atoms with Crippen molar-refractivity contribution in [2.24, 2.45) is 0 Å². The summed E-state index contributed by atoms with van der Waals surface area (Å²) >= 11 is 15.3. The molecule has 2 heterocycles. The second-order valence-corrected chi connectivity index (χ2v) is 13.6. The number of nitrogens with one attached hydrogen (secondary N) is 2. The number of carbonyl (C=O) groups excluding carboxylic acids is 1. The highest BCUT2D eigenvalue weighted by Crippen LogP contribution is 2.32. The van der Waals surface area contributed by atoms with Crippen LogP contribution in [0.25, 0.3) is 10.1 Å². The van der Waals surface area contributed by atoms with Crippen molar-refractivity contribution in [3.63, 3.8) is 0 Å². The predicted octanol–water partition coefficient (Wildman–Crippen LogP) is 6.42. The third-order valence-corrected chi connectivity index (χ3v) is 9.58. The molecule has 2 aromatic heterocycles. The topological polar surface area (TPSA) is 138 Å². The summed E-state index contributed by atoms with van der Waals surface area (Å²) in [5.74, 6) is -2.93. The Kier molecular flexibility index (Phi) is 8.99. The molecule has 1 atom stereocenters. The van der Waals surface area contributed by atoms with Crippen LogP contribution < -0.4 is 10.0 Å². The second kappa shape index (κ2) is 12.5. The number of benzene rings is 3. The maximum absolute atomic E-state index is 13.7. The average Bonchev–Trinajstić information content (AvgIpc) is 3.43. The van der Waals surface area contributed by atoms with Crippen LogP contribution in [0.5, 0.6) is 0 Å². The minimum atomic E-state index is -4.26. The molecule has 0 aliphatic rings. The Hall–Kier alpha value is -3.30. The van der Waals surface area contributed by atoms with Gasteiger partial charge in [-0.3, -0.25) is 9.52 Å². The van der Waals surface area contributed by atoms with Crippen LogP contribution in [0.4, 0.5) is 5.69 Å². The molecule has 1 unspecified atom stereocenters. The van der Waals surface area contributed by atoms with E-state index in [0.717, 1.165) is 11.5 Å². The van der Waals surface area contributed by atoms with Gasteiger partial charge in [-0.2, -0.15) is 12.8 Å². The summed E-state index contributed by atoms with van der Waals surface area (Å²) in [6.45, 7) is 0. The van der Waals surface area contributed by atoms with Gasteiger partial charge in [0.25, 0.3) is 15.9 Å². The minimum absolute atomic E-state index is 0.0416. The number of halogens is 3. The fourth-order valence-corrected chi connectivity index (χ4v) is 7.06. The lowest BCUT2D eigenvalue weighted by Crippen LogP contribution is -2.45. The van der Waals surface area contributed by atoms with Crippen molar-refractivity contribution >= 4 is 95.0 Å². The third-order valence-electron chi connectivity index (χ3n) is 6.32. The first-order valence-corrected chi connectivity index (χ1v) is 16.2. The van der Waals surface area contributed by atoms with Gasteiger partial charge in [0.05, 0.1) is 27.5 Å². The lowest BCUT2D eigenvalue weighted by molar-refractivity contribution is -0.139. The van der Waals surface area contributed by atoms with Crippen LogP contribution in [0.15, 0.2) is 90.2 Å². The quantitative estimate of drug-likeness (QED) is 0.148. The third kappa shape index (κ3) is 6.52. The van der Waals surface area contributed by atoms with Crippen LogP contribution in [0.2, 0.25) is 10.0 Å². The van der Waals surface area contributed by atoms with Crippen LogP contribution in [0.1, 0.15) is 27.4 Å². The smallest absolute Gasteiger partial charge is 0.327 e. The van der Waals surface area contributed by atoms with Gasteiger partial charge in [-0.1, -0.05) is 47.5 Å². The number of amides is 1. The number of fused-ring (bicyclic) bond motifs is 1. The molecule has 0 fully saturated rings. The van der Waals surface area contributed by atoms with E-state index in [4.69, 9.17) is 23.2 Å². The van der Waals surface area contributed by atoms with Crippen molar-refractivity contribution in [1.29, 1.82) is 0 Å². The number of hydrogen-bond donors (Lipinski definition) is 3. The van der Waals surface area contributed by atoms with Crippen molar-refractivity contribution < 1.29 is 23.1 Å². The molecule has 3 aromatic carbocycles. The molecule has 214 valence electrons. The zero-order valence-electron chi connectivity index (χ0n) is 21.2. The summed E-state index contributed by atoms with van der Waals surface area (Å²) in [6.07, 6.45) is 2.78. The Balaban J connectivity index is 1.52. The molecule has 0 aliphatic heterocycles. The first-order chi connectivity index (χ1) is 20.0. The van der Waals surface area contributed by atoms with E-state index in [-0.39, 0.29) is 16.3 Å². The molecule has 0 radical (unpaired) electrons. The first kappa shape index (κ1) is 30.2. The molecule has 14 heteroatoms. The maximum Gasteiger partial charge on any atom is 0.327 e. The van der Waals surface area contributed by atoms with E-state index in [2.05, 4.69) is 19.4 Å². The highest BCUT2D eigenvalue weighted by atomic mass is 127. The van der Waals surface area contributed by atoms with Gasteiger partial charge in [0.2, 0.25) is 0 Å². The van der Waals surface area contributed by atoms with Gasteiger partial charge >= 0.3 is 5.97 Å². The van der Waals surface area contributed by atoms with Crippen molar-refractivity contribution in [1.82, 2.24) is 14.7 Å². The number of pyridine rings is 1. The normalized spacial score (nSPS) is 12.3. The number of hydrogen-bond acceptors (Lipinski definition) is 7. The summed E-state index contributed by atoms with van der Waals surface area (Å²) in [5.41, 5.74) is 1.05. The second-order valence-electron chi connectivity index (χ2n) is 9.02. The first-order valence-electron chi connectivity index (χ1n) is 12.1. The van der Waals surface area contributed by atoms with E-state index >= 15 is 0 Å². The lowest BCUT2D eigenvalue weighted by atomic mass is 9.84. The summed E-state index contributed by atoms with van der Waals surface area (Å²) in [4.78, 5) is 30.4. The van der Waals surface area contributed by atoms with E-state index in [0.29, 0.717) is 34.8 Å². The average molecular weight is 753 g/mol. The molecule has 1 amide bonds. The van der Waals surface area contributed by atoms with Crippen LogP contribution >= 0.6 is 57.3 Å². The molecule has 5 rings (SSSR count). The Morgan fingerprint density at radius 2 is 1.55 bits per heavy atom. The Morgan fingerprint density at radius 3 is 2.14 bits per heavy atom. The number of nitrogens with zero attached hydrogens (tertiary/aromatic N) is 2. The minimum Gasteiger partial charge on any atom is -0.480 e. The molecule has 0 saturated heterocycles. The zero-order chi connectivity index (χ0) is 30.0. The number of anilines is 1. The maximum atomic E-state index is 13.7. The van der Waals surface area contributed by atoms with Crippen molar-refractivity contribution in [3.8, 4) is 0 Å². The molecule has 3 N–H and O–H groups in total. The van der Waals surface area contributed by atoms with E-state index in [1.54, 1.807) is 60.7 Å². The fraction of sp³-hybridized carbons (Fsp3) is 0.0714. The highest BCUT2D eigenvalue weighted by Gasteiger charge is 2.34. The van der Waals surface area contributed by atoms with Gasteiger partial charge in [0.1, 0.15) is 6.04 Å². The summed E-state index contributed by atoms with van der Waals surface area (Å²) in [7, 11) is -4.26. The van der Waals surface area contributed by atoms with E-state index < -0.39 is 33.9 Å². The number of sulfonamides is 1. The molecule has 9 nitrogen and oxygen atoms in total. The molecular formula is C28H19Cl2IN4O5S2. The molecular weight excluding hydrogens is 734 g/mol.